The Morgan fingerprint density at radius 2 is 1.67 bits per heavy atom. The summed E-state index contributed by atoms with van der Waals surface area (Å²) < 4.78 is 10.7. The average Bonchev–Trinajstić information content (AvgIpc) is 2.25. The number of Topliss-reactive ketones (excluding diaryl/α,β-unsaturated/α-hetero) is 1. The zero-order valence-electron chi connectivity index (χ0n) is 12.8. The number of rotatable bonds is 9. The van der Waals surface area contributed by atoms with Crippen molar-refractivity contribution < 1.29 is 14.3 Å². The maximum absolute atomic E-state index is 11.3. The second-order valence-electron chi connectivity index (χ2n) is 5.88. The molecule has 108 valence electrons. The van der Waals surface area contributed by atoms with Gasteiger partial charge in [0, 0.05) is 18.0 Å². The molecule has 0 saturated heterocycles. The van der Waals surface area contributed by atoms with E-state index in [4.69, 9.17) is 9.47 Å². The molecule has 0 fully saturated rings. The Hall–Kier alpha value is -0.450. The van der Waals surface area contributed by atoms with Crippen LogP contribution in [0.15, 0.2) is 0 Å². The van der Waals surface area contributed by atoms with Crippen LogP contribution in [0.4, 0.5) is 0 Å². The highest BCUT2D eigenvalue weighted by Gasteiger charge is 2.15. The van der Waals surface area contributed by atoms with Gasteiger partial charge in [-0.3, -0.25) is 9.69 Å². The summed E-state index contributed by atoms with van der Waals surface area (Å²) in [5.74, 6) is 0.189. The topological polar surface area (TPSA) is 38.8 Å². The zero-order valence-corrected chi connectivity index (χ0v) is 12.8. The minimum absolute atomic E-state index is 0.0475. The van der Waals surface area contributed by atoms with Gasteiger partial charge in [-0.15, -0.1) is 0 Å². The monoisotopic (exact) mass is 259 g/mol. The molecule has 0 radical (unpaired) electrons. The fraction of sp³-hybridized carbons (Fsp3) is 0.929. The van der Waals surface area contributed by atoms with Crippen LogP contribution >= 0.6 is 0 Å². The largest absolute Gasteiger partial charge is 0.378 e. The molecule has 0 saturated carbocycles. The van der Waals surface area contributed by atoms with Crippen molar-refractivity contribution in [3.63, 3.8) is 0 Å². The van der Waals surface area contributed by atoms with Crippen molar-refractivity contribution in [3.8, 4) is 0 Å². The molecule has 0 unspecified atom stereocenters. The van der Waals surface area contributed by atoms with Gasteiger partial charge in [-0.05, 0) is 27.8 Å². The second kappa shape index (κ2) is 8.62. The molecule has 0 aliphatic heterocycles. The van der Waals surface area contributed by atoms with Crippen LogP contribution < -0.4 is 0 Å². The predicted octanol–water partition coefficient (Wildman–Crippen LogP) is 1.97. The first-order valence-electron chi connectivity index (χ1n) is 6.64. The minimum Gasteiger partial charge on any atom is -0.378 e. The van der Waals surface area contributed by atoms with Crippen LogP contribution in [-0.4, -0.2) is 56.2 Å². The van der Waals surface area contributed by atoms with Gasteiger partial charge in [0.15, 0.2) is 5.78 Å². The molecule has 0 aromatic rings. The molecular weight excluding hydrogens is 230 g/mol. The Morgan fingerprint density at radius 3 is 2.17 bits per heavy atom. The summed E-state index contributed by atoms with van der Waals surface area (Å²) in [6.07, 6.45) is 0. The molecule has 0 amide bonds. The molecule has 0 rings (SSSR count). The van der Waals surface area contributed by atoms with Crippen LogP contribution in [0.3, 0.4) is 0 Å². The minimum atomic E-state index is 0.0475. The maximum Gasteiger partial charge on any atom is 0.160 e. The molecule has 0 aromatic carbocycles. The molecule has 0 aliphatic carbocycles. The molecule has 0 bridgehead atoms. The number of hydrogen-bond acceptors (Lipinski definition) is 4. The van der Waals surface area contributed by atoms with E-state index in [1.165, 1.54) is 0 Å². The highest BCUT2D eigenvalue weighted by Crippen LogP contribution is 2.09. The smallest absolute Gasteiger partial charge is 0.160 e. The molecule has 0 N–H and O–H groups in total. The molecule has 4 nitrogen and oxygen atoms in total. The lowest BCUT2D eigenvalue weighted by molar-refractivity contribution is -0.127. The van der Waals surface area contributed by atoms with E-state index in [-0.39, 0.29) is 23.8 Å². The molecule has 0 aromatic heterocycles. The van der Waals surface area contributed by atoms with Crippen LogP contribution in [0.5, 0.6) is 0 Å². The predicted molar refractivity (Wildman–Crippen MR) is 73.9 cm³/mol. The number of carbonyl (C=O) groups is 1. The van der Waals surface area contributed by atoms with Crippen molar-refractivity contribution in [2.24, 2.45) is 5.92 Å². The van der Waals surface area contributed by atoms with Crippen LogP contribution in [0.25, 0.3) is 0 Å². The Kier molecular flexibility index (Phi) is 8.40. The number of ketones is 1. The molecule has 4 heteroatoms. The third-order valence-electron chi connectivity index (χ3n) is 2.98. The van der Waals surface area contributed by atoms with Crippen molar-refractivity contribution in [1.29, 1.82) is 0 Å². The molecule has 0 heterocycles. The summed E-state index contributed by atoms with van der Waals surface area (Å²) in [5, 5.41) is 0. The molecular formula is C14H29NO3. The van der Waals surface area contributed by atoms with Gasteiger partial charge in [0.2, 0.25) is 0 Å². The summed E-state index contributed by atoms with van der Waals surface area (Å²) in [7, 11) is 2.08. The van der Waals surface area contributed by atoms with Crippen molar-refractivity contribution >= 4 is 5.78 Å². The fourth-order valence-corrected chi connectivity index (χ4v) is 1.10. The van der Waals surface area contributed by atoms with E-state index >= 15 is 0 Å². The SMILES string of the molecule is CC(C)C(=O)COCCOCCN(C)C(C)(C)C. The van der Waals surface area contributed by atoms with E-state index < -0.39 is 0 Å². The lowest BCUT2D eigenvalue weighted by atomic mass is 10.1. The quantitative estimate of drug-likeness (QED) is 0.594. The molecule has 18 heavy (non-hydrogen) atoms. The van der Waals surface area contributed by atoms with Crippen LogP contribution in [0.2, 0.25) is 0 Å². The standard InChI is InChI=1S/C14H29NO3/c1-12(2)13(16)11-18-10-9-17-8-7-15(6)14(3,4)5/h12H,7-11H2,1-6H3. The van der Waals surface area contributed by atoms with Crippen LogP contribution in [0.1, 0.15) is 34.6 Å². The highest BCUT2D eigenvalue weighted by atomic mass is 16.5. The summed E-state index contributed by atoms with van der Waals surface area (Å²) in [6.45, 7) is 13.1. The fourth-order valence-electron chi connectivity index (χ4n) is 1.10. The van der Waals surface area contributed by atoms with Gasteiger partial charge in [0.1, 0.15) is 6.61 Å². The Balaban J connectivity index is 3.40. The summed E-state index contributed by atoms with van der Waals surface area (Å²) in [6, 6.07) is 0. The van der Waals surface area contributed by atoms with Crippen LogP contribution in [-0.2, 0) is 14.3 Å². The van der Waals surface area contributed by atoms with Gasteiger partial charge < -0.3 is 9.47 Å². The van der Waals surface area contributed by atoms with Crippen molar-refractivity contribution in [2.45, 2.75) is 40.2 Å². The number of ether oxygens (including phenoxy) is 2. The van der Waals surface area contributed by atoms with E-state index in [2.05, 4.69) is 32.7 Å². The third-order valence-corrected chi connectivity index (χ3v) is 2.98. The highest BCUT2D eigenvalue weighted by molar-refractivity contribution is 5.81. The number of nitrogens with zero attached hydrogens (tertiary/aromatic N) is 1. The van der Waals surface area contributed by atoms with Gasteiger partial charge in [-0.25, -0.2) is 0 Å². The van der Waals surface area contributed by atoms with Crippen molar-refractivity contribution in [1.82, 2.24) is 4.90 Å². The van der Waals surface area contributed by atoms with Gasteiger partial charge >= 0.3 is 0 Å². The first-order valence-corrected chi connectivity index (χ1v) is 6.64. The van der Waals surface area contributed by atoms with E-state index in [1.54, 1.807) is 0 Å². The third kappa shape index (κ3) is 8.61. The molecule has 0 atom stereocenters. The molecule has 0 spiro atoms. The Bertz CT molecular complexity index is 234. The van der Waals surface area contributed by atoms with E-state index in [1.807, 2.05) is 13.8 Å². The van der Waals surface area contributed by atoms with Gasteiger partial charge in [0.25, 0.3) is 0 Å². The summed E-state index contributed by atoms with van der Waals surface area (Å²) in [4.78, 5) is 13.5. The number of likely N-dealkylation sites (N-methyl/N-ethyl adjacent to an activating group) is 1. The average molecular weight is 259 g/mol. The first kappa shape index (κ1) is 17.6. The summed E-state index contributed by atoms with van der Waals surface area (Å²) in [5.41, 5.74) is 0.170. The zero-order chi connectivity index (χ0) is 14.2. The summed E-state index contributed by atoms with van der Waals surface area (Å²) >= 11 is 0. The second-order valence-corrected chi connectivity index (χ2v) is 5.88. The Labute approximate surface area is 112 Å². The van der Waals surface area contributed by atoms with Gasteiger partial charge in [-0.1, -0.05) is 13.8 Å². The number of carbonyl (C=O) groups excluding carboxylic acids is 1. The van der Waals surface area contributed by atoms with Gasteiger partial charge in [0.05, 0.1) is 19.8 Å². The molecule has 0 aliphatic rings. The van der Waals surface area contributed by atoms with E-state index in [0.29, 0.717) is 19.8 Å². The van der Waals surface area contributed by atoms with Gasteiger partial charge in [-0.2, -0.15) is 0 Å². The van der Waals surface area contributed by atoms with Crippen LogP contribution in [0, 0.1) is 5.92 Å². The first-order chi connectivity index (χ1) is 8.25. The lowest BCUT2D eigenvalue weighted by Gasteiger charge is -2.31. The van der Waals surface area contributed by atoms with E-state index in [0.717, 1.165) is 6.54 Å². The maximum atomic E-state index is 11.3. The lowest BCUT2D eigenvalue weighted by Crippen LogP contribution is -2.40. The number of hydrogen-bond donors (Lipinski definition) is 0. The van der Waals surface area contributed by atoms with Crippen molar-refractivity contribution in [2.75, 3.05) is 40.0 Å². The normalized spacial score (nSPS) is 12.4. The van der Waals surface area contributed by atoms with Crippen molar-refractivity contribution in [3.05, 3.63) is 0 Å². The van der Waals surface area contributed by atoms with E-state index in [9.17, 15) is 4.79 Å². The Morgan fingerprint density at radius 1 is 1.11 bits per heavy atom.